The van der Waals surface area contributed by atoms with Gasteiger partial charge in [-0.25, -0.2) is 9.13 Å². The van der Waals surface area contributed by atoms with Gasteiger partial charge in [-0.05, 0) is 0 Å². The molecule has 19 heteroatoms. The second-order valence-electron chi connectivity index (χ2n) is 1.47. The van der Waals surface area contributed by atoms with Crippen molar-refractivity contribution < 1.29 is 67.4 Å². The molecular weight excluding hydrogens is 544 g/mol. The second-order valence-corrected chi connectivity index (χ2v) is 4.42. The molecule has 0 saturated heterocycles. The fourth-order valence-electron chi connectivity index (χ4n) is 0. The normalized spacial score (nSPS) is 9.26. The minimum Gasteiger partial charge on any atom is -1.00 e. The van der Waals surface area contributed by atoms with Crippen molar-refractivity contribution in [2.45, 2.75) is 0 Å². The third-order valence-electron chi connectivity index (χ3n) is 0. The molecule has 0 bridgehead atoms. The Morgan fingerprint density at radius 1 is 0.684 bits per heavy atom. The first-order valence-corrected chi connectivity index (χ1v) is 6.79. The van der Waals surface area contributed by atoms with Crippen LogP contribution in [0.2, 0.25) is 0 Å². The van der Waals surface area contributed by atoms with Crippen LogP contribution in [0.4, 0.5) is 0 Å². The van der Waals surface area contributed by atoms with Crippen LogP contribution in [0.3, 0.4) is 0 Å². The van der Waals surface area contributed by atoms with Crippen LogP contribution in [0.5, 0.6) is 0 Å². The van der Waals surface area contributed by atoms with Gasteiger partial charge in [0.25, 0.3) is 0 Å². The van der Waals surface area contributed by atoms with Crippen LogP contribution in [-0.4, -0.2) is 209 Å². The van der Waals surface area contributed by atoms with Crippen molar-refractivity contribution in [2.75, 3.05) is 0 Å². The van der Waals surface area contributed by atoms with Crippen LogP contribution < -0.4 is 0 Å². The van der Waals surface area contributed by atoms with Gasteiger partial charge in [0.2, 0.25) is 0 Å². The maximum absolute atomic E-state index is 8.88. The summed E-state index contributed by atoms with van der Waals surface area (Å²) in [7, 11) is -13.9. The molecule has 0 atom stereocenters. The molecule has 0 aromatic heterocycles. The SMILES string of the molecule is O=P(O)(O)O.O=P(O)(O)O.O=S(=O)(O)O.[Ba+2].[Ca+2].[Ca+2].[Ca+2].[H-].[H-].[H-].[H-].[H-].[H-].[H-].[H-]. The molecule has 0 fully saturated rings. The van der Waals surface area contributed by atoms with E-state index >= 15 is 0 Å². The van der Waals surface area contributed by atoms with Crippen molar-refractivity contribution in [3.05, 3.63) is 0 Å². The van der Waals surface area contributed by atoms with Crippen molar-refractivity contribution in [3.63, 3.8) is 0 Å². The van der Waals surface area contributed by atoms with Crippen LogP contribution in [-0.2, 0) is 19.5 Å². The maximum Gasteiger partial charge on any atom is 2.00 e. The minimum absolute atomic E-state index is 0. The van der Waals surface area contributed by atoms with Crippen LogP contribution >= 0.6 is 15.6 Å². The van der Waals surface area contributed by atoms with E-state index in [0.717, 1.165) is 0 Å². The standard InChI is InChI=1S/Ba.3Ca.2H3O4P.H2O4S.8H/c;;;;3*1-5(2,3)4;;;;;;;;/h;;;;2*(H3,1,2,3,4);(H2,1,2,3,4);;;;;;;;/q4*+2;;;;8*-1. The quantitative estimate of drug-likeness (QED) is 0.0836. The summed E-state index contributed by atoms with van der Waals surface area (Å²) >= 11 is 0. The van der Waals surface area contributed by atoms with Gasteiger partial charge in [-0.3, -0.25) is 9.11 Å². The third-order valence-corrected chi connectivity index (χ3v) is 0. The van der Waals surface area contributed by atoms with E-state index in [0.29, 0.717) is 0 Å². The predicted molar refractivity (Wildman–Crippen MR) is 74.6 cm³/mol. The molecule has 0 rings (SSSR count). The van der Waals surface area contributed by atoms with Gasteiger partial charge in [-0.15, -0.1) is 0 Å². The topological polar surface area (TPSA) is 230 Å². The Kier molecular flexibility index (Phi) is 49.9. The molecule has 0 heterocycles. The first-order chi connectivity index (χ1) is 6.00. The Bertz CT molecular complexity index is 319. The van der Waals surface area contributed by atoms with E-state index < -0.39 is 26.0 Å². The summed E-state index contributed by atoms with van der Waals surface area (Å²) in [6.45, 7) is 0. The van der Waals surface area contributed by atoms with Gasteiger partial charge in [-0.2, -0.15) is 8.42 Å². The van der Waals surface area contributed by atoms with Gasteiger partial charge in [0.1, 0.15) is 0 Å². The molecule has 0 aromatic carbocycles. The zero-order valence-corrected chi connectivity index (χ0v) is 23.0. The number of hydrogen-bond donors (Lipinski definition) is 8. The molecular formula is H16BaCa3O12P2S. The van der Waals surface area contributed by atoms with Crippen molar-refractivity contribution in [1.29, 1.82) is 0 Å². The van der Waals surface area contributed by atoms with E-state index in [9.17, 15) is 0 Å². The van der Waals surface area contributed by atoms with Gasteiger partial charge in [0.05, 0.1) is 0 Å². The molecule has 0 aliphatic carbocycles. The smallest absolute Gasteiger partial charge is 1.00 e. The number of phosphoric acid groups is 2. The van der Waals surface area contributed by atoms with Gasteiger partial charge < -0.3 is 40.8 Å². The first kappa shape index (κ1) is 44.1. The zero-order chi connectivity index (χ0) is 13.5. The molecule has 0 aliphatic rings. The van der Waals surface area contributed by atoms with E-state index in [1.54, 1.807) is 0 Å². The van der Waals surface area contributed by atoms with E-state index in [-0.39, 0.29) is 174 Å². The van der Waals surface area contributed by atoms with Crippen LogP contribution in [0.1, 0.15) is 11.4 Å². The predicted octanol–water partition coefficient (Wildman–Crippen LogP) is -3.13. The summed E-state index contributed by atoms with van der Waals surface area (Å²) in [6, 6.07) is 0. The molecule has 0 radical (unpaired) electrons. The van der Waals surface area contributed by atoms with Crippen molar-refractivity contribution in [3.8, 4) is 0 Å². The Labute approximate surface area is 250 Å². The minimum atomic E-state index is -4.67. The fourth-order valence-corrected chi connectivity index (χ4v) is 0. The molecule has 19 heavy (non-hydrogen) atoms. The molecule has 0 spiro atoms. The number of hydrogen-bond acceptors (Lipinski definition) is 4. The van der Waals surface area contributed by atoms with E-state index in [1.807, 2.05) is 0 Å². The molecule has 8 N–H and O–H groups in total. The summed E-state index contributed by atoms with van der Waals surface area (Å²) in [5.41, 5.74) is 0. The van der Waals surface area contributed by atoms with E-state index in [1.165, 1.54) is 0 Å². The number of rotatable bonds is 0. The Hall–Kier alpha value is 5.44. The average Bonchev–Trinajstić information content (AvgIpc) is 1.41. The molecule has 0 unspecified atom stereocenters. The van der Waals surface area contributed by atoms with Crippen LogP contribution in [0, 0.1) is 0 Å². The summed E-state index contributed by atoms with van der Waals surface area (Å²) in [6.07, 6.45) is 0. The van der Waals surface area contributed by atoms with Crippen molar-refractivity contribution >= 4 is 188 Å². The second kappa shape index (κ2) is 21.5. The van der Waals surface area contributed by atoms with E-state index in [2.05, 4.69) is 0 Å². The average molecular weight is 560 g/mol. The molecule has 0 saturated carbocycles. The first-order valence-electron chi connectivity index (χ1n) is 2.26. The van der Waals surface area contributed by atoms with Gasteiger partial charge in [-0.1, -0.05) is 0 Å². The molecule has 112 valence electrons. The van der Waals surface area contributed by atoms with Crippen molar-refractivity contribution in [1.82, 2.24) is 0 Å². The van der Waals surface area contributed by atoms with E-state index in [4.69, 9.17) is 56.0 Å². The maximum atomic E-state index is 8.88. The van der Waals surface area contributed by atoms with Gasteiger partial charge in [0, 0.05) is 0 Å². The largest absolute Gasteiger partial charge is 2.00 e. The van der Waals surface area contributed by atoms with Crippen LogP contribution in [0.25, 0.3) is 0 Å². The van der Waals surface area contributed by atoms with Gasteiger partial charge in [0.15, 0.2) is 0 Å². The van der Waals surface area contributed by atoms with Crippen molar-refractivity contribution in [2.24, 2.45) is 0 Å². The summed E-state index contributed by atoms with van der Waals surface area (Å²) < 4.78 is 49.3. The Morgan fingerprint density at radius 3 is 0.684 bits per heavy atom. The Balaban J connectivity index is -0.00000000503. The molecule has 0 aliphatic heterocycles. The van der Waals surface area contributed by atoms with Crippen LogP contribution in [0.15, 0.2) is 0 Å². The van der Waals surface area contributed by atoms with Gasteiger partial charge >= 0.3 is 188 Å². The summed E-state index contributed by atoms with van der Waals surface area (Å²) in [4.78, 5) is 43.1. The molecule has 12 nitrogen and oxygen atoms in total. The fraction of sp³-hybridized carbons (Fsp3) is 0. The molecule has 0 aromatic rings. The third kappa shape index (κ3) is 364. The Morgan fingerprint density at radius 2 is 0.684 bits per heavy atom. The summed E-state index contributed by atoms with van der Waals surface area (Å²) in [5.74, 6) is 0. The molecule has 0 amide bonds. The summed E-state index contributed by atoms with van der Waals surface area (Å²) in [5, 5.41) is 0. The zero-order valence-electron chi connectivity index (χ0n) is 17.3. The monoisotopic (exact) mass is 560 g/mol.